The highest BCUT2D eigenvalue weighted by Crippen LogP contribution is 2.43. The Bertz CT molecular complexity index is 853. The van der Waals surface area contributed by atoms with Crippen LogP contribution in [0.2, 0.25) is 0 Å². The number of alkyl halides is 1. The molecule has 142 valence electrons. The number of halogens is 1. The SMILES string of the molecule is CN[C@@H](c1ccc(C2CCCC3=C2C=NC2=CC(C)=NC23)cc1)C(C)(C)F. The summed E-state index contributed by atoms with van der Waals surface area (Å²) in [5.74, 6) is 0.357. The number of benzene rings is 1. The Labute approximate surface area is 161 Å². The van der Waals surface area contributed by atoms with Crippen molar-refractivity contribution < 1.29 is 4.39 Å². The van der Waals surface area contributed by atoms with Gasteiger partial charge < -0.3 is 5.32 Å². The third kappa shape index (κ3) is 3.31. The number of allylic oxidation sites excluding steroid dienone is 2. The van der Waals surface area contributed by atoms with Gasteiger partial charge >= 0.3 is 0 Å². The van der Waals surface area contributed by atoms with Crippen LogP contribution in [0.1, 0.15) is 63.1 Å². The van der Waals surface area contributed by atoms with Crippen LogP contribution in [0.4, 0.5) is 4.39 Å². The van der Waals surface area contributed by atoms with E-state index >= 15 is 0 Å². The van der Waals surface area contributed by atoms with E-state index in [1.807, 2.05) is 14.0 Å². The molecule has 0 aromatic heterocycles. The molecule has 1 aromatic carbocycles. The normalized spacial score (nSPS) is 25.7. The van der Waals surface area contributed by atoms with E-state index in [1.54, 1.807) is 13.8 Å². The second-order valence-corrected chi connectivity index (χ2v) is 8.38. The van der Waals surface area contributed by atoms with E-state index in [1.165, 1.54) is 23.1 Å². The average molecular weight is 365 g/mol. The van der Waals surface area contributed by atoms with E-state index < -0.39 is 5.67 Å². The van der Waals surface area contributed by atoms with Crippen molar-refractivity contribution in [2.24, 2.45) is 9.98 Å². The summed E-state index contributed by atoms with van der Waals surface area (Å²) in [6.45, 7) is 5.28. The van der Waals surface area contributed by atoms with Gasteiger partial charge in [-0.25, -0.2) is 4.39 Å². The van der Waals surface area contributed by atoms with Crippen LogP contribution in [0.25, 0.3) is 0 Å². The standard InChI is InChI=1S/C23H28FN3/c1-14-12-20-21(27-14)18-7-5-6-17(19(18)13-26-20)15-8-10-16(11-9-15)22(25-4)23(2,3)24/h8-13,17,21-22,25H,5-7H2,1-4H3/t17?,21?,22-/m0/s1. The van der Waals surface area contributed by atoms with Gasteiger partial charge in [0, 0.05) is 17.8 Å². The van der Waals surface area contributed by atoms with Crippen molar-refractivity contribution in [2.75, 3.05) is 7.05 Å². The Morgan fingerprint density at radius 2 is 1.96 bits per heavy atom. The Morgan fingerprint density at radius 3 is 2.63 bits per heavy atom. The predicted molar refractivity (Wildman–Crippen MR) is 111 cm³/mol. The molecule has 0 radical (unpaired) electrons. The van der Waals surface area contributed by atoms with Crippen molar-refractivity contribution in [1.82, 2.24) is 5.32 Å². The minimum Gasteiger partial charge on any atom is -0.310 e. The van der Waals surface area contributed by atoms with Crippen LogP contribution in [0.3, 0.4) is 0 Å². The lowest BCUT2D eigenvalue weighted by Crippen LogP contribution is -2.33. The Balaban J connectivity index is 1.64. The van der Waals surface area contributed by atoms with E-state index in [0.717, 1.165) is 29.8 Å². The highest BCUT2D eigenvalue weighted by molar-refractivity contribution is 5.98. The number of hydrogen-bond donors (Lipinski definition) is 1. The maximum Gasteiger partial charge on any atom is 0.124 e. The minimum absolute atomic E-state index is 0.132. The first-order valence-electron chi connectivity index (χ1n) is 9.87. The molecule has 27 heavy (non-hydrogen) atoms. The van der Waals surface area contributed by atoms with E-state index in [2.05, 4.69) is 41.9 Å². The van der Waals surface area contributed by atoms with Gasteiger partial charge in [-0.3, -0.25) is 9.98 Å². The van der Waals surface area contributed by atoms with Gasteiger partial charge in [-0.2, -0.15) is 0 Å². The van der Waals surface area contributed by atoms with Gasteiger partial charge in [-0.1, -0.05) is 24.3 Å². The van der Waals surface area contributed by atoms with E-state index in [0.29, 0.717) is 5.92 Å². The molecule has 2 aliphatic heterocycles. The van der Waals surface area contributed by atoms with Crippen LogP contribution in [-0.2, 0) is 0 Å². The minimum atomic E-state index is -1.31. The molecule has 0 saturated carbocycles. The maximum atomic E-state index is 14.5. The average Bonchev–Trinajstić information content (AvgIpc) is 3.02. The number of fused-ring (bicyclic) bond motifs is 2. The quantitative estimate of drug-likeness (QED) is 0.794. The van der Waals surface area contributed by atoms with Gasteiger partial charge in [-0.15, -0.1) is 0 Å². The van der Waals surface area contributed by atoms with Crippen molar-refractivity contribution >= 4 is 11.9 Å². The predicted octanol–water partition coefficient (Wildman–Crippen LogP) is 5.07. The highest BCUT2D eigenvalue weighted by Gasteiger charge is 2.34. The number of dihydropyridines is 1. The zero-order valence-corrected chi connectivity index (χ0v) is 16.6. The molecule has 2 heterocycles. The van der Waals surface area contributed by atoms with Gasteiger partial charge in [0.25, 0.3) is 0 Å². The third-order valence-corrected chi connectivity index (χ3v) is 5.98. The van der Waals surface area contributed by atoms with Crippen molar-refractivity contribution in [3.8, 4) is 0 Å². The van der Waals surface area contributed by atoms with E-state index in [-0.39, 0.29) is 12.1 Å². The maximum absolute atomic E-state index is 14.5. The fraction of sp³-hybridized carbons (Fsp3) is 0.478. The number of hydrogen-bond acceptors (Lipinski definition) is 3. The summed E-state index contributed by atoms with van der Waals surface area (Å²) in [4.78, 5) is 9.50. The van der Waals surface area contributed by atoms with Gasteiger partial charge in [0.2, 0.25) is 0 Å². The molecule has 2 unspecified atom stereocenters. The molecule has 0 fully saturated rings. The van der Waals surface area contributed by atoms with Crippen LogP contribution in [0.15, 0.2) is 57.2 Å². The van der Waals surface area contributed by atoms with Gasteiger partial charge in [-0.05, 0) is 75.4 Å². The summed E-state index contributed by atoms with van der Waals surface area (Å²) >= 11 is 0. The lowest BCUT2D eigenvalue weighted by molar-refractivity contribution is 0.155. The first kappa shape index (κ1) is 18.3. The molecule has 3 atom stereocenters. The van der Waals surface area contributed by atoms with Gasteiger partial charge in [0.1, 0.15) is 11.7 Å². The second kappa shape index (κ2) is 6.83. The molecule has 3 nitrogen and oxygen atoms in total. The molecule has 3 aliphatic rings. The molecule has 0 bridgehead atoms. The second-order valence-electron chi connectivity index (χ2n) is 8.38. The smallest absolute Gasteiger partial charge is 0.124 e. The molecule has 4 heteroatoms. The molecular formula is C23H28FN3. The van der Waals surface area contributed by atoms with Gasteiger partial charge in [0.15, 0.2) is 0 Å². The zero-order chi connectivity index (χ0) is 19.2. The summed E-state index contributed by atoms with van der Waals surface area (Å²) in [6.07, 6.45) is 7.56. The fourth-order valence-corrected chi connectivity index (χ4v) is 4.77. The van der Waals surface area contributed by atoms with Crippen molar-refractivity contribution in [2.45, 2.75) is 63.7 Å². The van der Waals surface area contributed by atoms with Crippen molar-refractivity contribution in [3.63, 3.8) is 0 Å². The third-order valence-electron chi connectivity index (χ3n) is 5.98. The number of nitrogens with one attached hydrogen (secondary N) is 1. The summed E-state index contributed by atoms with van der Waals surface area (Å²) in [5.41, 5.74) is 5.89. The number of aliphatic imine (C=N–C) groups is 2. The highest BCUT2D eigenvalue weighted by atomic mass is 19.1. The molecule has 0 saturated heterocycles. The topological polar surface area (TPSA) is 36.8 Å². The largest absolute Gasteiger partial charge is 0.310 e. The van der Waals surface area contributed by atoms with Crippen LogP contribution in [0, 0.1) is 0 Å². The zero-order valence-electron chi connectivity index (χ0n) is 16.6. The Kier molecular flexibility index (Phi) is 4.63. The molecule has 4 rings (SSSR count). The number of rotatable bonds is 4. The lowest BCUT2D eigenvalue weighted by atomic mass is 9.75. The Morgan fingerprint density at radius 1 is 1.22 bits per heavy atom. The summed E-state index contributed by atoms with van der Waals surface area (Å²) in [6, 6.07) is 8.27. The van der Waals surface area contributed by atoms with Crippen LogP contribution < -0.4 is 5.32 Å². The molecular weight excluding hydrogens is 337 g/mol. The summed E-state index contributed by atoms with van der Waals surface area (Å²) < 4.78 is 14.5. The molecule has 1 aliphatic carbocycles. The fourth-order valence-electron chi connectivity index (χ4n) is 4.77. The first-order chi connectivity index (χ1) is 12.9. The van der Waals surface area contributed by atoms with Crippen molar-refractivity contribution in [1.29, 1.82) is 0 Å². The van der Waals surface area contributed by atoms with Crippen molar-refractivity contribution in [3.05, 3.63) is 58.3 Å². The lowest BCUT2D eigenvalue weighted by Gasteiger charge is -2.32. The molecule has 1 N–H and O–H groups in total. The first-order valence-corrected chi connectivity index (χ1v) is 9.87. The van der Waals surface area contributed by atoms with E-state index in [4.69, 9.17) is 9.98 Å². The molecule has 1 aromatic rings. The van der Waals surface area contributed by atoms with Crippen LogP contribution in [0.5, 0.6) is 0 Å². The number of nitrogens with zero attached hydrogens (tertiary/aromatic N) is 2. The molecule has 0 spiro atoms. The van der Waals surface area contributed by atoms with Crippen LogP contribution in [-0.4, -0.2) is 30.7 Å². The van der Waals surface area contributed by atoms with Gasteiger partial charge in [0.05, 0.1) is 11.7 Å². The van der Waals surface area contributed by atoms with E-state index in [9.17, 15) is 4.39 Å². The Hall–Kier alpha value is -2.07. The molecule has 0 amide bonds. The summed E-state index contributed by atoms with van der Waals surface area (Å²) in [7, 11) is 1.81. The monoisotopic (exact) mass is 365 g/mol. The van der Waals surface area contributed by atoms with Crippen LogP contribution >= 0.6 is 0 Å². The summed E-state index contributed by atoms with van der Waals surface area (Å²) in [5, 5.41) is 3.11.